The van der Waals surface area contributed by atoms with Crippen molar-refractivity contribution in [3.05, 3.63) is 53.1 Å². The number of para-hydroxylation sites is 1. The summed E-state index contributed by atoms with van der Waals surface area (Å²) in [4.78, 5) is 0. The summed E-state index contributed by atoms with van der Waals surface area (Å²) in [5.41, 5.74) is 13.3. The number of aryl methyl sites for hydroxylation is 2. The number of hydrogen-bond donors (Lipinski definition) is 2. The Morgan fingerprint density at radius 1 is 0.947 bits per heavy atom. The molecule has 0 saturated heterocycles. The average Bonchev–Trinajstić information content (AvgIpc) is 2.44. The van der Waals surface area contributed by atoms with E-state index >= 15 is 0 Å². The molecule has 3 N–H and O–H groups in total. The van der Waals surface area contributed by atoms with Gasteiger partial charge in [-0.25, -0.2) is 0 Å². The molecular weight excluding hydrogens is 232 g/mol. The van der Waals surface area contributed by atoms with Crippen molar-refractivity contribution >= 4 is 17.1 Å². The summed E-state index contributed by atoms with van der Waals surface area (Å²) in [5, 5.41) is 3.52. The van der Waals surface area contributed by atoms with Crippen LogP contribution >= 0.6 is 0 Å². The highest BCUT2D eigenvalue weighted by molar-refractivity contribution is 5.76. The third kappa shape index (κ3) is 2.30. The standard InChI is InChI=1S/C17H20N2/c1-12-6-4-11-16(17(12)18)19-15-10-5-8-13-7-2-3-9-14(13)15/h4-6,8,10-11,19H,2-3,7,9,18H2,1H3. The predicted octanol–water partition coefficient (Wildman–Crippen LogP) is 4.20. The van der Waals surface area contributed by atoms with E-state index in [-0.39, 0.29) is 0 Å². The lowest BCUT2D eigenvalue weighted by Crippen LogP contribution is -2.07. The summed E-state index contributed by atoms with van der Waals surface area (Å²) in [6, 6.07) is 12.7. The number of nitrogen functional groups attached to an aromatic ring is 1. The first kappa shape index (κ1) is 12.1. The fraction of sp³-hybridized carbons (Fsp3) is 0.294. The van der Waals surface area contributed by atoms with Crippen LogP contribution in [0.2, 0.25) is 0 Å². The van der Waals surface area contributed by atoms with Crippen molar-refractivity contribution in [2.75, 3.05) is 11.1 Å². The molecule has 3 rings (SSSR count). The van der Waals surface area contributed by atoms with Gasteiger partial charge >= 0.3 is 0 Å². The minimum absolute atomic E-state index is 0.843. The van der Waals surface area contributed by atoms with Gasteiger partial charge in [0, 0.05) is 5.69 Å². The zero-order chi connectivity index (χ0) is 13.2. The van der Waals surface area contributed by atoms with Crippen molar-refractivity contribution in [1.29, 1.82) is 0 Å². The van der Waals surface area contributed by atoms with Gasteiger partial charge in [-0.3, -0.25) is 0 Å². The Balaban J connectivity index is 1.97. The second-order valence-electron chi connectivity index (χ2n) is 5.31. The maximum Gasteiger partial charge on any atom is 0.0620 e. The Bertz CT molecular complexity index is 602. The van der Waals surface area contributed by atoms with Crippen molar-refractivity contribution in [3.8, 4) is 0 Å². The Labute approximate surface area is 114 Å². The SMILES string of the molecule is Cc1cccc(Nc2cccc3c2CCCC3)c1N. The lowest BCUT2D eigenvalue weighted by Gasteiger charge is -2.21. The van der Waals surface area contributed by atoms with E-state index in [4.69, 9.17) is 5.73 Å². The molecule has 1 aliphatic carbocycles. The van der Waals surface area contributed by atoms with Gasteiger partial charge < -0.3 is 11.1 Å². The lowest BCUT2D eigenvalue weighted by molar-refractivity contribution is 0.687. The monoisotopic (exact) mass is 252 g/mol. The van der Waals surface area contributed by atoms with Crippen LogP contribution < -0.4 is 11.1 Å². The molecule has 0 spiro atoms. The van der Waals surface area contributed by atoms with Gasteiger partial charge in [-0.15, -0.1) is 0 Å². The molecule has 0 amide bonds. The van der Waals surface area contributed by atoms with Gasteiger partial charge in [-0.2, -0.15) is 0 Å². The first-order chi connectivity index (χ1) is 9.25. The van der Waals surface area contributed by atoms with Gasteiger partial charge in [0.15, 0.2) is 0 Å². The van der Waals surface area contributed by atoms with E-state index < -0.39 is 0 Å². The summed E-state index contributed by atoms with van der Waals surface area (Å²) >= 11 is 0. The van der Waals surface area contributed by atoms with Crippen molar-refractivity contribution in [2.45, 2.75) is 32.6 Å². The maximum atomic E-state index is 6.14. The smallest absolute Gasteiger partial charge is 0.0620 e. The summed E-state index contributed by atoms with van der Waals surface area (Å²) in [7, 11) is 0. The number of benzene rings is 2. The number of nitrogens with one attached hydrogen (secondary N) is 1. The zero-order valence-electron chi connectivity index (χ0n) is 11.4. The van der Waals surface area contributed by atoms with Crippen LogP contribution in [0.4, 0.5) is 17.1 Å². The fourth-order valence-corrected chi connectivity index (χ4v) is 2.83. The topological polar surface area (TPSA) is 38.0 Å². The lowest BCUT2D eigenvalue weighted by atomic mass is 9.90. The van der Waals surface area contributed by atoms with Gasteiger partial charge in [0.05, 0.1) is 11.4 Å². The van der Waals surface area contributed by atoms with Crippen LogP contribution in [0.1, 0.15) is 29.5 Å². The minimum atomic E-state index is 0.843. The fourth-order valence-electron chi connectivity index (χ4n) is 2.83. The highest BCUT2D eigenvalue weighted by Gasteiger charge is 2.13. The molecular formula is C17H20N2. The normalized spacial score (nSPS) is 13.9. The van der Waals surface area contributed by atoms with Gasteiger partial charge in [0.1, 0.15) is 0 Å². The van der Waals surface area contributed by atoms with Crippen molar-refractivity contribution in [1.82, 2.24) is 0 Å². The van der Waals surface area contributed by atoms with Crippen molar-refractivity contribution in [3.63, 3.8) is 0 Å². The summed E-state index contributed by atoms with van der Waals surface area (Å²) < 4.78 is 0. The third-order valence-electron chi connectivity index (χ3n) is 3.99. The van der Waals surface area contributed by atoms with Crippen LogP contribution in [0.15, 0.2) is 36.4 Å². The molecule has 0 bridgehead atoms. The first-order valence-electron chi connectivity index (χ1n) is 6.98. The maximum absolute atomic E-state index is 6.14. The van der Waals surface area contributed by atoms with E-state index in [0.29, 0.717) is 0 Å². The number of rotatable bonds is 2. The largest absolute Gasteiger partial charge is 0.397 e. The second kappa shape index (κ2) is 4.96. The summed E-state index contributed by atoms with van der Waals surface area (Å²) in [6.45, 7) is 2.04. The summed E-state index contributed by atoms with van der Waals surface area (Å²) in [6.07, 6.45) is 4.97. The molecule has 1 aliphatic rings. The van der Waals surface area contributed by atoms with Gasteiger partial charge in [0.2, 0.25) is 0 Å². The molecule has 2 aromatic carbocycles. The first-order valence-corrected chi connectivity index (χ1v) is 6.98. The molecule has 2 aromatic rings. The molecule has 2 nitrogen and oxygen atoms in total. The van der Waals surface area contributed by atoms with Gasteiger partial charge in [-0.1, -0.05) is 24.3 Å². The van der Waals surface area contributed by atoms with Gasteiger partial charge in [0.25, 0.3) is 0 Å². The number of hydrogen-bond acceptors (Lipinski definition) is 2. The van der Waals surface area contributed by atoms with Crippen LogP contribution in [-0.4, -0.2) is 0 Å². The molecule has 0 atom stereocenters. The third-order valence-corrected chi connectivity index (χ3v) is 3.99. The van der Waals surface area contributed by atoms with Crippen LogP contribution in [0, 0.1) is 6.92 Å². The van der Waals surface area contributed by atoms with E-state index in [0.717, 1.165) is 16.9 Å². The second-order valence-corrected chi connectivity index (χ2v) is 5.31. The van der Waals surface area contributed by atoms with Crippen LogP contribution in [0.3, 0.4) is 0 Å². The number of nitrogens with two attached hydrogens (primary N) is 1. The summed E-state index contributed by atoms with van der Waals surface area (Å²) in [5.74, 6) is 0. The quantitative estimate of drug-likeness (QED) is 0.786. The number of anilines is 3. The Morgan fingerprint density at radius 2 is 1.68 bits per heavy atom. The predicted molar refractivity (Wildman–Crippen MR) is 82.0 cm³/mol. The molecule has 0 aromatic heterocycles. The van der Waals surface area contributed by atoms with E-state index in [1.165, 1.54) is 42.5 Å². The number of fused-ring (bicyclic) bond motifs is 1. The molecule has 0 fully saturated rings. The van der Waals surface area contributed by atoms with E-state index in [9.17, 15) is 0 Å². The van der Waals surface area contributed by atoms with Gasteiger partial charge in [-0.05, 0) is 61.4 Å². The molecule has 0 unspecified atom stereocenters. The Morgan fingerprint density at radius 3 is 2.58 bits per heavy atom. The highest BCUT2D eigenvalue weighted by atomic mass is 14.9. The minimum Gasteiger partial charge on any atom is -0.397 e. The molecule has 0 radical (unpaired) electrons. The van der Waals surface area contributed by atoms with E-state index in [1.807, 2.05) is 25.1 Å². The van der Waals surface area contributed by atoms with Crippen molar-refractivity contribution < 1.29 is 0 Å². The Hall–Kier alpha value is -1.96. The molecule has 2 heteroatoms. The molecule has 19 heavy (non-hydrogen) atoms. The molecule has 0 aliphatic heterocycles. The van der Waals surface area contributed by atoms with Crippen molar-refractivity contribution in [2.24, 2.45) is 0 Å². The highest BCUT2D eigenvalue weighted by Crippen LogP contribution is 2.32. The van der Waals surface area contributed by atoms with E-state index in [1.54, 1.807) is 0 Å². The van der Waals surface area contributed by atoms with Crippen LogP contribution in [-0.2, 0) is 12.8 Å². The average molecular weight is 252 g/mol. The molecule has 0 heterocycles. The molecule has 98 valence electrons. The Kier molecular flexibility index (Phi) is 3.16. The molecule has 0 saturated carbocycles. The van der Waals surface area contributed by atoms with Crippen LogP contribution in [0.25, 0.3) is 0 Å². The van der Waals surface area contributed by atoms with Crippen LogP contribution in [0.5, 0.6) is 0 Å². The van der Waals surface area contributed by atoms with E-state index in [2.05, 4.69) is 23.5 Å². The zero-order valence-corrected chi connectivity index (χ0v) is 11.4.